The quantitative estimate of drug-likeness (QED) is 0.846. The van der Waals surface area contributed by atoms with Crippen LogP contribution in [0.15, 0.2) is 36.5 Å². The van der Waals surface area contributed by atoms with E-state index in [1.165, 1.54) is 0 Å². The summed E-state index contributed by atoms with van der Waals surface area (Å²) in [5.74, 6) is 0.537. The monoisotopic (exact) mass is 370 g/mol. The molecule has 27 heavy (non-hydrogen) atoms. The lowest BCUT2D eigenvalue weighted by Crippen LogP contribution is -2.39. The highest BCUT2D eigenvalue weighted by atomic mass is 16.5. The summed E-state index contributed by atoms with van der Waals surface area (Å²) in [6.45, 7) is 5.00. The molecular formula is C20H26N4O3. The number of carbonyl (C=O) groups is 2. The predicted molar refractivity (Wildman–Crippen MR) is 102 cm³/mol. The van der Waals surface area contributed by atoms with Gasteiger partial charge in [0.25, 0.3) is 11.8 Å². The van der Waals surface area contributed by atoms with Crippen LogP contribution in [0.1, 0.15) is 47.5 Å². The fraction of sp³-hybridized carbons (Fsp3) is 0.450. The largest absolute Gasteiger partial charge is 0.491 e. The Morgan fingerprint density at radius 2 is 2.00 bits per heavy atom. The minimum absolute atomic E-state index is 0.0309. The van der Waals surface area contributed by atoms with Crippen molar-refractivity contribution in [2.24, 2.45) is 7.05 Å². The number of aromatic nitrogens is 2. The Morgan fingerprint density at radius 1 is 1.26 bits per heavy atom. The van der Waals surface area contributed by atoms with Crippen LogP contribution in [-0.2, 0) is 7.05 Å². The van der Waals surface area contributed by atoms with E-state index in [2.05, 4.69) is 10.4 Å². The highest BCUT2D eigenvalue weighted by Crippen LogP contribution is 2.21. The average molecular weight is 370 g/mol. The van der Waals surface area contributed by atoms with E-state index >= 15 is 0 Å². The lowest BCUT2D eigenvalue weighted by molar-refractivity contribution is 0.0684. The Kier molecular flexibility index (Phi) is 5.78. The van der Waals surface area contributed by atoms with E-state index in [0.29, 0.717) is 23.6 Å². The van der Waals surface area contributed by atoms with Gasteiger partial charge >= 0.3 is 0 Å². The second kappa shape index (κ2) is 8.24. The summed E-state index contributed by atoms with van der Waals surface area (Å²) >= 11 is 0. The van der Waals surface area contributed by atoms with Crippen molar-refractivity contribution in [2.75, 3.05) is 13.2 Å². The minimum Gasteiger partial charge on any atom is -0.491 e. The summed E-state index contributed by atoms with van der Waals surface area (Å²) in [4.78, 5) is 26.5. The number of likely N-dealkylation sites (tertiary alicyclic amines) is 1. The van der Waals surface area contributed by atoms with Crippen LogP contribution in [0.4, 0.5) is 0 Å². The molecule has 0 radical (unpaired) electrons. The third-order valence-electron chi connectivity index (χ3n) is 4.55. The molecule has 0 bridgehead atoms. The van der Waals surface area contributed by atoms with Crippen molar-refractivity contribution in [3.8, 4) is 5.75 Å². The smallest absolute Gasteiger partial charge is 0.274 e. The molecule has 144 valence electrons. The van der Waals surface area contributed by atoms with Crippen molar-refractivity contribution in [3.05, 3.63) is 47.8 Å². The lowest BCUT2D eigenvalue weighted by atomic mass is 10.2. The van der Waals surface area contributed by atoms with Gasteiger partial charge in [-0.15, -0.1) is 0 Å². The highest BCUT2D eigenvalue weighted by Gasteiger charge is 2.31. The Labute approximate surface area is 159 Å². The van der Waals surface area contributed by atoms with Gasteiger partial charge in [0.15, 0.2) is 0 Å². The molecule has 1 fully saturated rings. The molecule has 2 aromatic rings. The number of ether oxygens (including phenoxy) is 1. The standard InChI is InChI=1S/C20H26N4O3/c1-14(2)21-19(25)15-6-8-17(9-7-15)27-13-16-5-4-11-24(16)20(26)18-10-12-23(3)22-18/h6-10,12,14,16H,4-5,11,13H2,1-3H3,(H,21,25). The number of hydrogen-bond donors (Lipinski definition) is 1. The van der Waals surface area contributed by atoms with Gasteiger partial charge in [-0.25, -0.2) is 0 Å². The maximum atomic E-state index is 12.6. The molecule has 0 aliphatic carbocycles. The van der Waals surface area contributed by atoms with Gasteiger partial charge in [0.05, 0.1) is 6.04 Å². The molecule has 1 atom stereocenters. The van der Waals surface area contributed by atoms with Gasteiger partial charge in [-0.1, -0.05) is 0 Å². The molecule has 7 nitrogen and oxygen atoms in total. The summed E-state index contributed by atoms with van der Waals surface area (Å²) in [6.07, 6.45) is 3.64. The van der Waals surface area contributed by atoms with Gasteiger partial charge in [-0.3, -0.25) is 14.3 Å². The molecule has 0 saturated carbocycles. The SMILES string of the molecule is CC(C)NC(=O)c1ccc(OCC2CCCN2C(=O)c2ccn(C)n2)cc1. The van der Waals surface area contributed by atoms with Crippen molar-refractivity contribution in [3.63, 3.8) is 0 Å². The maximum Gasteiger partial charge on any atom is 0.274 e. The Balaban J connectivity index is 1.57. The van der Waals surface area contributed by atoms with E-state index in [1.807, 2.05) is 18.7 Å². The van der Waals surface area contributed by atoms with Crippen molar-refractivity contribution < 1.29 is 14.3 Å². The van der Waals surface area contributed by atoms with Crippen LogP contribution in [0.3, 0.4) is 0 Å². The van der Waals surface area contributed by atoms with Gasteiger partial charge in [0, 0.05) is 31.4 Å². The van der Waals surface area contributed by atoms with Crippen molar-refractivity contribution in [2.45, 2.75) is 38.8 Å². The summed E-state index contributed by atoms with van der Waals surface area (Å²) in [7, 11) is 1.80. The van der Waals surface area contributed by atoms with Gasteiger partial charge in [-0.2, -0.15) is 5.10 Å². The van der Waals surface area contributed by atoms with E-state index in [0.717, 1.165) is 19.4 Å². The third-order valence-corrected chi connectivity index (χ3v) is 4.55. The molecule has 1 unspecified atom stereocenters. The molecule has 2 heterocycles. The average Bonchev–Trinajstić information content (AvgIpc) is 3.28. The number of benzene rings is 1. The number of amides is 2. The molecule has 7 heteroatoms. The van der Waals surface area contributed by atoms with Crippen LogP contribution in [0.2, 0.25) is 0 Å². The van der Waals surface area contributed by atoms with Crippen LogP contribution < -0.4 is 10.1 Å². The van der Waals surface area contributed by atoms with Crippen LogP contribution in [0, 0.1) is 0 Å². The Bertz CT molecular complexity index is 798. The van der Waals surface area contributed by atoms with Crippen molar-refractivity contribution >= 4 is 11.8 Å². The summed E-state index contributed by atoms with van der Waals surface area (Å²) in [5, 5.41) is 7.06. The first-order valence-electron chi connectivity index (χ1n) is 9.28. The Hall–Kier alpha value is -2.83. The molecule has 1 aliphatic heterocycles. The minimum atomic E-state index is -0.0977. The zero-order valence-corrected chi connectivity index (χ0v) is 16.0. The molecular weight excluding hydrogens is 344 g/mol. The van der Waals surface area contributed by atoms with E-state index in [9.17, 15) is 9.59 Å². The normalized spacial score (nSPS) is 16.6. The number of rotatable bonds is 6. The van der Waals surface area contributed by atoms with Crippen LogP contribution >= 0.6 is 0 Å². The van der Waals surface area contributed by atoms with E-state index in [1.54, 1.807) is 48.3 Å². The molecule has 1 aromatic heterocycles. The summed E-state index contributed by atoms with van der Waals surface area (Å²) in [6, 6.07) is 8.93. The zero-order valence-electron chi connectivity index (χ0n) is 16.0. The van der Waals surface area contributed by atoms with E-state index in [4.69, 9.17) is 4.74 Å². The van der Waals surface area contributed by atoms with E-state index in [-0.39, 0.29) is 23.9 Å². The van der Waals surface area contributed by atoms with Gasteiger partial charge in [0.1, 0.15) is 18.1 Å². The fourth-order valence-electron chi connectivity index (χ4n) is 3.19. The number of nitrogens with zero attached hydrogens (tertiary/aromatic N) is 3. The van der Waals surface area contributed by atoms with E-state index < -0.39 is 0 Å². The van der Waals surface area contributed by atoms with Crippen molar-refractivity contribution in [1.29, 1.82) is 0 Å². The fourth-order valence-corrected chi connectivity index (χ4v) is 3.19. The van der Waals surface area contributed by atoms with Crippen molar-refractivity contribution in [1.82, 2.24) is 20.0 Å². The highest BCUT2D eigenvalue weighted by molar-refractivity contribution is 5.94. The number of aryl methyl sites for hydroxylation is 1. The zero-order chi connectivity index (χ0) is 19.4. The predicted octanol–water partition coefficient (Wildman–Crippen LogP) is 2.24. The number of nitrogens with one attached hydrogen (secondary N) is 1. The van der Waals surface area contributed by atoms with Crippen LogP contribution in [0.5, 0.6) is 5.75 Å². The second-order valence-corrected chi connectivity index (χ2v) is 7.13. The summed E-state index contributed by atoms with van der Waals surface area (Å²) < 4.78 is 7.51. The number of hydrogen-bond acceptors (Lipinski definition) is 4. The molecule has 3 rings (SSSR count). The Morgan fingerprint density at radius 3 is 2.63 bits per heavy atom. The molecule has 1 aromatic carbocycles. The number of carbonyl (C=O) groups excluding carboxylic acids is 2. The first-order valence-corrected chi connectivity index (χ1v) is 9.28. The second-order valence-electron chi connectivity index (χ2n) is 7.13. The molecule has 1 N–H and O–H groups in total. The molecule has 1 aliphatic rings. The topological polar surface area (TPSA) is 76.5 Å². The summed E-state index contributed by atoms with van der Waals surface area (Å²) in [5.41, 5.74) is 1.06. The van der Waals surface area contributed by atoms with Crippen LogP contribution in [0.25, 0.3) is 0 Å². The molecule has 2 amide bonds. The van der Waals surface area contributed by atoms with Gasteiger partial charge in [0.2, 0.25) is 0 Å². The lowest BCUT2D eigenvalue weighted by Gasteiger charge is -2.24. The first kappa shape index (κ1) is 18.9. The first-order chi connectivity index (χ1) is 12.9. The molecule has 0 spiro atoms. The van der Waals surface area contributed by atoms with Crippen LogP contribution in [-0.4, -0.2) is 51.7 Å². The van der Waals surface area contributed by atoms with Gasteiger partial charge < -0.3 is 15.0 Å². The molecule has 1 saturated heterocycles. The van der Waals surface area contributed by atoms with Gasteiger partial charge in [-0.05, 0) is 57.0 Å². The third kappa shape index (κ3) is 4.67. The maximum absolute atomic E-state index is 12.6.